The highest BCUT2D eigenvalue weighted by molar-refractivity contribution is 5.76. The summed E-state index contributed by atoms with van der Waals surface area (Å²) in [6.07, 6.45) is 0.302. The Labute approximate surface area is 118 Å². The van der Waals surface area contributed by atoms with Gasteiger partial charge in [-0.05, 0) is 19.9 Å². The van der Waals surface area contributed by atoms with Gasteiger partial charge in [0, 0.05) is 24.2 Å². The molecule has 1 amide bonds. The molecule has 0 saturated heterocycles. The van der Waals surface area contributed by atoms with Gasteiger partial charge in [-0.15, -0.1) is 0 Å². The number of nitrogens with two attached hydrogens (primary N) is 1. The minimum atomic E-state index is -0.0324. The van der Waals surface area contributed by atoms with E-state index in [2.05, 4.69) is 5.32 Å². The van der Waals surface area contributed by atoms with Crippen LogP contribution in [0.1, 0.15) is 25.8 Å². The number of fused-ring (bicyclic) bond motifs is 1. The third kappa shape index (κ3) is 3.54. The minimum Gasteiger partial charge on any atom is -0.493 e. The van der Waals surface area contributed by atoms with Crippen LogP contribution in [0.5, 0.6) is 17.2 Å². The van der Waals surface area contributed by atoms with Crippen LogP contribution in [-0.2, 0) is 11.3 Å². The standard InChI is InChI=1S/C14H20N2O4/c1-9(2)16-14(17)3-4-18-11-6-13-12(19-8-20-13)5-10(11)7-15/h5-6,9H,3-4,7-8,15H2,1-2H3,(H,16,17). The molecule has 3 N–H and O–H groups in total. The molecule has 1 aromatic carbocycles. The average molecular weight is 280 g/mol. The third-order valence-corrected chi connectivity index (χ3v) is 2.81. The van der Waals surface area contributed by atoms with Gasteiger partial charge in [0.25, 0.3) is 0 Å². The van der Waals surface area contributed by atoms with Gasteiger partial charge in [-0.3, -0.25) is 4.79 Å². The Kier molecular flexibility index (Phi) is 4.68. The van der Waals surface area contributed by atoms with E-state index < -0.39 is 0 Å². The van der Waals surface area contributed by atoms with Crippen molar-refractivity contribution in [3.05, 3.63) is 17.7 Å². The molecular weight excluding hydrogens is 260 g/mol. The average Bonchev–Trinajstić information content (AvgIpc) is 2.83. The maximum atomic E-state index is 11.5. The summed E-state index contributed by atoms with van der Waals surface area (Å²) in [4.78, 5) is 11.5. The van der Waals surface area contributed by atoms with Gasteiger partial charge < -0.3 is 25.3 Å². The summed E-state index contributed by atoms with van der Waals surface area (Å²) in [5, 5.41) is 2.81. The maximum absolute atomic E-state index is 11.5. The Morgan fingerprint density at radius 3 is 2.75 bits per heavy atom. The highest BCUT2D eigenvalue weighted by atomic mass is 16.7. The molecule has 1 aromatic rings. The van der Waals surface area contributed by atoms with Crippen LogP contribution in [-0.4, -0.2) is 25.3 Å². The van der Waals surface area contributed by atoms with Gasteiger partial charge in [0.2, 0.25) is 12.7 Å². The highest BCUT2D eigenvalue weighted by Gasteiger charge is 2.17. The number of benzene rings is 1. The van der Waals surface area contributed by atoms with Crippen LogP contribution in [0.3, 0.4) is 0 Å². The molecular formula is C14H20N2O4. The summed E-state index contributed by atoms with van der Waals surface area (Å²) in [6, 6.07) is 3.70. The Morgan fingerprint density at radius 2 is 2.10 bits per heavy atom. The van der Waals surface area contributed by atoms with E-state index in [0.29, 0.717) is 36.8 Å². The quantitative estimate of drug-likeness (QED) is 0.817. The third-order valence-electron chi connectivity index (χ3n) is 2.81. The van der Waals surface area contributed by atoms with Gasteiger partial charge in [-0.2, -0.15) is 0 Å². The summed E-state index contributed by atoms with van der Waals surface area (Å²) in [5.41, 5.74) is 6.52. The molecule has 1 aliphatic rings. The van der Waals surface area contributed by atoms with Crippen LogP contribution < -0.4 is 25.3 Å². The molecule has 20 heavy (non-hydrogen) atoms. The van der Waals surface area contributed by atoms with Crippen molar-refractivity contribution in [1.82, 2.24) is 5.32 Å². The molecule has 0 atom stereocenters. The molecule has 0 fully saturated rings. The SMILES string of the molecule is CC(C)NC(=O)CCOc1cc2c(cc1CN)OCO2. The van der Waals surface area contributed by atoms with Gasteiger partial charge in [0.05, 0.1) is 13.0 Å². The zero-order valence-corrected chi connectivity index (χ0v) is 11.8. The van der Waals surface area contributed by atoms with Crippen LogP contribution in [0.2, 0.25) is 0 Å². The van der Waals surface area contributed by atoms with Crippen LogP contribution in [0.15, 0.2) is 12.1 Å². The highest BCUT2D eigenvalue weighted by Crippen LogP contribution is 2.38. The summed E-state index contributed by atoms with van der Waals surface area (Å²) in [5.74, 6) is 1.92. The van der Waals surface area contributed by atoms with E-state index in [1.807, 2.05) is 19.9 Å². The molecule has 1 aliphatic heterocycles. The minimum absolute atomic E-state index is 0.0324. The fourth-order valence-electron chi connectivity index (χ4n) is 1.91. The first kappa shape index (κ1) is 14.5. The molecule has 0 saturated carbocycles. The van der Waals surface area contributed by atoms with Gasteiger partial charge in [-0.1, -0.05) is 0 Å². The van der Waals surface area contributed by atoms with Gasteiger partial charge in [0.15, 0.2) is 11.5 Å². The molecule has 0 aliphatic carbocycles. The summed E-state index contributed by atoms with van der Waals surface area (Å²) in [6.45, 7) is 4.68. The molecule has 110 valence electrons. The lowest BCUT2D eigenvalue weighted by atomic mass is 10.2. The van der Waals surface area contributed by atoms with Crippen molar-refractivity contribution in [2.45, 2.75) is 32.9 Å². The van der Waals surface area contributed by atoms with Crippen molar-refractivity contribution < 1.29 is 19.0 Å². The van der Waals surface area contributed by atoms with Crippen molar-refractivity contribution in [2.75, 3.05) is 13.4 Å². The van der Waals surface area contributed by atoms with E-state index in [9.17, 15) is 4.79 Å². The molecule has 0 bridgehead atoms. The van der Waals surface area contributed by atoms with Crippen LogP contribution in [0.25, 0.3) is 0 Å². The van der Waals surface area contributed by atoms with Crippen molar-refractivity contribution in [3.63, 3.8) is 0 Å². The second kappa shape index (κ2) is 6.47. The summed E-state index contributed by atoms with van der Waals surface area (Å²) < 4.78 is 16.2. The second-order valence-electron chi connectivity index (χ2n) is 4.84. The van der Waals surface area contributed by atoms with Gasteiger partial charge in [-0.25, -0.2) is 0 Å². The molecule has 2 rings (SSSR count). The van der Waals surface area contributed by atoms with Gasteiger partial charge in [0.1, 0.15) is 5.75 Å². The smallest absolute Gasteiger partial charge is 0.231 e. The Hall–Kier alpha value is -1.95. The molecule has 6 nitrogen and oxygen atoms in total. The van der Waals surface area contributed by atoms with Crippen molar-refractivity contribution in [1.29, 1.82) is 0 Å². The number of carbonyl (C=O) groups is 1. The largest absolute Gasteiger partial charge is 0.493 e. The van der Waals surface area contributed by atoms with Crippen molar-refractivity contribution in [2.24, 2.45) is 5.73 Å². The van der Waals surface area contributed by atoms with Crippen molar-refractivity contribution >= 4 is 5.91 Å². The van der Waals surface area contributed by atoms with Crippen LogP contribution >= 0.6 is 0 Å². The van der Waals surface area contributed by atoms with E-state index in [1.165, 1.54) is 0 Å². The summed E-state index contributed by atoms with van der Waals surface area (Å²) >= 11 is 0. The van der Waals surface area contributed by atoms with E-state index in [0.717, 1.165) is 5.56 Å². The molecule has 1 heterocycles. The topological polar surface area (TPSA) is 82.8 Å². The zero-order chi connectivity index (χ0) is 14.5. The predicted molar refractivity (Wildman–Crippen MR) is 73.8 cm³/mol. The number of carbonyl (C=O) groups excluding carboxylic acids is 1. The number of amides is 1. The number of rotatable bonds is 6. The second-order valence-corrected chi connectivity index (χ2v) is 4.84. The first-order chi connectivity index (χ1) is 9.60. The lowest BCUT2D eigenvalue weighted by Crippen LogP contribution is -2.31. The first-order valence-corrected chi connectivity index (χ1v) is 6.65. The number of hydrogen-bond acceptors (Lipinski definition) is 5. The molecule has 0 spiro atoms. The van der Waals surface area contributed by atoms with E-state index >= 15 is 0 Å². The van der Waals surface area contributed by atoms with Crippen LogP contribution in [0, 0.1) is 0 Å². The fourth-order valence-corrected chi connectivity index (χ4v) is 1.91. The number of nitrogens with one attached hydrogen (secondary N) is 1. The van der Waals surface area contributed by atoms with Crippen molar-refractivity contribution in [3.8, 4) is 17.2 Å². The Balaban J connectivity index is 1.94. The van der Waals surface area contributed by atoms with E-state index in [1.54, 1.807) is 6.07 Å². The van der Waals surface area contributed by atoms with Gasteiger partial charge >= 0.3 is 0 Å². The van der Waals surface area contributed by atoms with Crippen LogP contribution in [0.4, 0.5) is 0 Å². The lowest BCUT2D eigenvalue weighted by molar-refractivity contribution is -0.122. The Morgan fingerprint density at radius 1 is 1.40 bits per heavy atom. The Bertz CT molecular complexity index is 488. The number of ether oxygens (including phenoxy) is 3. The zero-order valence-electron chi connectivity index (χ0n) is 11.8. The molecule has 6 heteroatoms. The maximum Gasteiger partial charge on any atom is 0.231 e. The lowest BCUT2D eigenvalue weighted by Gasteiger charge is -2.12. The fraction of sp³-hybridized carbons (Fsp3) is 0.500. The molecule has 0 radical (unpaired) electrons. The molecule has 0 unspecified atom stereocenters. The molecule has 0 aromatic heterocycles. The van der Waals surface area contributed by atoms with E-state index in [-0.39, 0.29) is 18.7 Å². The normalized spacial score (nSPS) is 12.6. The first-order valence-electron chi connectivity index (χ1n) is 6.65. The summed E-state index contributed by atoms with van der Waals surface area (Å²) in [7, 11) is 0. The van der Waals surface area contributed by atoms with E-state index in [4.69, 9.17) is 19.9 Å². The number of hydrogen-bond donors (Lipinski definition) is 2. The monoisotopic (exact) mass is 280 g/mol. The predicted octanol–water partition coefficient (Wildman–Crippen LogP) is 1.17.